The SMILES string of the molecule is CNC(=O)[C@H]1CN(Cc2ccncc2)C[C@@H]1NC(=O)c1occc1C. The van der Waals surface area contributed by atoms with E-state index < -0.39 is 0 Å². The molecule has 7 nitrogen and oxygen atoms in total. The average molecular weight is 342 g/mol. The molecule has 3 rings (SSSR count). The van der Waals surface area contributed by atoms with Crippen LogP contribution in [0.5, 0.6) is 0 Å². The number of pyridine rings is 1. The first kappa shape index (κ1) is 17.2. The first-order valence-electron chi connectivity index (χ1n) is 8.26. The van der Waals surface area contributed by atoms with E-state index in [4.69, 9.17) is 4.42 Å². The summed E-state index contributed by atoms with van der Waals surface area (Å²) in [6, 6.07) is 5.38. The molecule has 0 aromatic carbocycles. The van der Waals surface area contributed by atoms with Crippen molar-refractivity contribution in [2.24, 2.45) is 5.92 Å². The number of carbonyl (C=O) groups excluding carboxylic acids is 2. The molecule has 0 radical (unpaired) electrons. The van der Waals surface area contributed by atoms with Gasteiger partial charge in [0.25, 0.3) is 5.91 Å². The van der Waals surface area contributed by atoms with Crippen LogP contribution in [-0.2, 0) is 11.3 Å². The lowest BCUT2D eigenvalue weighted by atomic mass is 10.0. The van der Waals surface area contributed by atoms with Gasteiger partial charge in [-0.25, -0.2) is 0 Å². The minimum Gasteiger partial charge on any atom is -0.459 e. The number of nitrogens with one attached hydrogen (secondary N) is 2. The van der Waals surface area contributed by atoms with Crippen LogP contribution in [0.2, 0.25) is 0 Å². The number of furan rings is 1. The highest BCUT2D eigenvalue weighted by Crippen LogP contribution is 2.21. The summed E-state index contributed by atoms with van der Waals surface area (Å²) in [4.78, 5) is 30.9. The number of rotatable bonds is 5. The number of carbonyl (C=O) groups is 2. The third-order valence-electron chi connectivity index (χ3n) is 4.52. The minimum atomic E-state index is -0.300. The van der Waals surface area contributed by atoms with Gasteiger partial charge in [-0.2, -0.15) is 0 Å². The molecule has 25 heavy (non-hydrogen) atoms. The number of hydrogen-bond acceptors (Lipinski definition) is 5. The van der Waals surface area contributed by atoms with Gasteiger partial charge in [0.1, 0.15) is 0 Å². The number of likely N-dealkylation sites (tertiary alicyclic amines) is 1. The summed E-state index contributed by atoms with van der Waals surface area (Å²) in [5, 5.41) is 5.65. The monoisotopic (exact) mass is 342 g/mol. The highest BCUT2D eigenvalue weighted by molar-refractivity contribution is 5.93. The van der Waals surface area contributed by atoms with Crippen LogP contribution in [0, 0.1) is 12.8 Å². The molecule has 0 unspecified atom stereocenters. The smallest absolute Gasteiger partial charge is 0.287 e. The number of amides is 2. The molecule has 0 saturated carbocycles. The molecule has 3 heterocycles. The first-order valence-corrected chi connectivity index (χ1v) is 8.26. The Kier molecular flexibility index (Phi) is 5.14. The number of hydrogen-bond donors (Lipinski definition) is 2. The normalized spacial score (nSPS) is 20.4. The molecule has 2 aromatic heterocycles. The van der Waals surface area contributed by atoms with Gasteiger partial charge in [-0.15, -0.1) is 0 Å². The molecule has 2 aromatic rings. The number of nitrogens with zero attached hydrogens (tertiary/aromatic N) is 2. The molecule has 0 aliphatic carbocycles. The van der Waals surface area contributed by atoms with E-state index in [0.717, 1.165) is 11.1 Å². The van der Waals surface area contributed by atoms with E-state index in [1.54, 1.807) is 25.5 Å². The van der Waals surface area contributed by atoms with Gasteiger partial charge in [0.15, 0.2) is 5.76 Å². The minimum absolute atomic E-state index is 0.0707. The van der Waals surface area contributed by atoms with Crippen molar-refractivity contribution in [3.8, 4) is 0 Å². The zero-order valence-electron chi connectivity index (χ0n) is 14.4. The molecular weight excluding hydrogens is 320 g/mol. The van der Waals surface area contributed by atoms with Crippen LogP contribution in [0.3, 0.4) is 0 Å². The lowest BCUT2D eigenvalue weighted by molar-refractivity contribution is -0.124. The quantitative estimate of drug-likeness (QED) is 0.845. The van der Waals surface area contributed by atoms with Crippen molar-refractivity contribution in [3.05, 3.63) is 53.7 Å². The Hall–Kier alpha value is -2.67. The largest absolute Gasteiger partial charge is 0.459 e. The summed E-state index contributed by atoms with van der Waals surface area (Å²) in [5.41, 5.74) is 1.90. The van der Waals surface area contributed by atoms with Gasteiger partial charge in [0, 0.05) is 44.6 Å². The zero-order valence-corrected chi connectivity index (χ0v) is 14.4. The number of aromatic nitrogens is 1. The van der Waals surface area contributed by atoms with Crippen LogP contribution in [-0.4, -0.2) is 47.9 Å². The lowest BCUT2D eigenvalue weighted by Gasteiger charge is -2.18. The third-order valence-corrected chi connectivity index (χ3v) is 4.52. The van der Waals surface area contributed by atoms with Gasteiger partial charge in [-0.1, -0.05) is 0 Å². The highest BCUT2D eigenvalue weighted by atomic mass is 16.3. The first-order chi connectivity index (χ1) is 12.1. The van der Waals surface area contributed by atoms with E-state index in [1.165, 1.54) is 6.26 Å². The summed E-state index contributed by atoms with van der Waals surface area (Å²) in [6.07, 6.45) is 4.99. The molecule has 1 aliphatic heterocycles. The van der Waals surface area contributed by atoms with E-state index in [9.17, 15) is 9.59 Å². The Labute approximate surface area is 146 Å². The maximum absolute atomic E-state index is 12.4. The van der Waals surface area contributed by atoms with Gasteiger partial charge < -0.3 is 15.1 Å². The molecule has 0 bridgehead atoms. The van der Waals surface area contributed by atoms with Crippen molar-refractivity contribution in [1.82, 2.24) is 20.5 Å². The van der Waals surface area contributed by atoms with Crippen molar-refractivity contribution in [2.75, 3.05) is 20.1 Å². The topological polar surface area (TPSA) is 87.5 Å². The zero-order chi connectivity index (χ0) is 17.8. The van der Waals surface area contributed by atoms with E-state index in [1.807, 2.05) is 19.1 Å². The molecule has 0 spiro atoms. The Morgan fingerprint density at radius 3 is 2.68 bits per heavy atom. The van der Waals surface area contributed by atoms with Gasteiger partial charge in [0.05, 0.1) is 18.2 Å². The van der Waals surface area contributed by atoms with Gasteiger partial charge >= 0.3 is 0 Å². The van der Waals surface area contributed by atoms with Crippen LogP contribution in [0.1, 0.15) is 21.7 Å². The fraction of sp³-hybridized carbons (Fsp3) is 0.389. The molecule has 1 saturated heterocycles. The summed E-state index contributed by atoms with van der Waals surface area (Å²) >= 11 is 0. The van der Waals surface area contributed by atoms with Gasteiger partial charge in [-0.05, 0) is 30.7 Å². The highest BCUT2D eigenvalue weighted by Gasteiger charge is 2.38. The second-order valence-electron chi connectivity index (χ2n) is 6.28. The fourth-order valence-electron chi connectivity index (χ4n) is 3.20. The van der Waals surface area contributed by atoms with Crippen LogP contribution in [0.25, 0.3) is 0 Å². The Balaban J connectivity index is 1.70. The Morgan fingerprint density at radius 1 is 1.28 bits per heavy atom. The van der Waals surface area contributed by atoms with Crippen LogP contribution in [0.4, 0.5) is 0 Å². The maximum atomic E-state index is 12.4. The Morgan fingerprint density at radius 2 is 2.04 bits per heavy atom. The van der Waals surface area contributed by atoms with Crippen LogP contribution < -0.4 is 10.6 Å². The summed E-state index contributed by atoms with van der Waals surface area (Å²) in [7, 11) is 1.61. The molecule has 1 fully saturated rings. The van der Waals surface area contributed by atoms with E-state index >= 15 is 0 Å². The van der Waals surface area contributed by atoms with Gasteiger partial charge in [-0.3, -0.25) is 19.5 Å². The Bertz CT molecular complexity index is 744. The molecule has 2 atom stereocenters. The van der Waals surface area contributed by atoms with Crippen LogP contribution >= 0.6 is 0 Å². The molecule has 7 heteroatoms. The molecule has 2 amide bonds. The third kappa shape index (κ3) is 3.88. The predicted molar refractivity (Wildman–Crippen MR) is 91.8 cm³/mol. The summed E-state index contributed by atoms with van der Waals surface area (Å²) in [5.74, 6) is -0.361. The second kappa shape index (κ2) is 7.48. The maximum Gasteiger partial charge on any atom is 0.287 e. The van der Waals surface area contributed by atoms with E-state index in [0.29, 0.717) is 25.4 Å². The summed E-state index contributed by atoms with van der Waals surface area (Å²) in [6.45, 7) is 3.72. The second-order valence-corrected chi connectivity index (χ2v) is 6.28. The van der Waals surface area contributed by atoms with Crippen LogP contribution in [0.15, 0.2) is 41.3 Å². The van der Waals surface area contributed by atoms with Crippen molar-refractivity contribution in [2.45, 2.75) is 19.5 Å². The standard InChI is InChI=1S/C18H22N4O3/c1-12-5-8-25-16(12)18(24)21-15-11-22(10-14(15)17(23)19-2)9-13-3-6-20-7-4-13/h3-8,14-15H,9-11H2,1-2H3,(H,19,23)(H,21,24)/t14-,15-/m0/s1. The molecule has 2 N–H and O–H groups in total. The van der Waals surface area contributed by atoms with Crippen molar-refractivity contribution < 1.29 is 14.0 Å². The lowest BCUT2D eigenvalue weighted by Crippen LogP contribution is -2.45. The number of aryl methyl sites for hydroxylation is 1. The molecular formula is C18H22N4O3. The van der Waals surface area contributed by atoms with Gasteiger partial charge in [0.2, 0.25) is 5.91 Å². The predicted octanol–water partition coefficient (Wildman–Crippen LogP) is 0.959. The van der Waals surface area contributed by atoms with Crippen molar-refractivity contribution >= 4 is 11.8 Å². The van der Waals surface area contributed by atoms with E-state index in [2.05, 4.69) is 20.5 Å². The van der Waals surface area contributed by atoms with Crippen molar-refractivity contribution in [3.63, 3.8) is 0 Å². The fourth-order valence-corrected chi connectivity index (χ4v) is 3.20. The summed E-state index contributed by atoms with van der Waals surface area (Å²) < 4.78 is 5.25. The van der Waals surface area contributed by atoms with E-state index in [-0.39, 0.29) is 23.8 Å². The average Bonchev–Trinajstić information content (AvgIpc) is 3.21. The van der Waals surface area contributed by atoms with Crippen molar-refractivity contribution in [1.29, 1.82) is 0 Å². The molecule has 132 valence electrons. The molecule has 1 aliphatic rings.